The Kier molecular flexibility index (Phi) is 3.28. The smallest absolute Gasteiger partial charge is 0.338 e. The first-order chi connectivity index (χ1) is 9.02. The second-order valence-electron chi connectivity index (χ2n) is 3.75. The average molecular weight is 263 g/mol. The van der Waals surface area contributed by atoms with Crippen LogP contribution in [0.2, 0.25) is 0 Å². The first-order valence-corrected chi connectivity index (χ1v) is 5.30. The Morgan fingerprint density at radius 3 is 2.53 bits per heavy atom. The normalized spacial score (nSPS) is 14.3. The highest BCUT2D eigenvalue weighted by Crippen LogP contribution is 2.30. The number of non-ortho nitro benzene ring substituents is 1. The van der Waals surface area contributed by atoms with E-state index in [1.807, 2.05) is 0 Å². The third-order valence-electron chi connectivity index (χ3n) is 2.58. The summed E-state index contributed by atoms with van der Waals surface area (Å²) in [6, 6.07) is 5.36. The van der Waals surface area contributed by atoms with E-state index in [0.29, 0.717) is 5.56 Å². The minimum absolute atomic E-state index is 0.0895. The highest BCUT2D eigenvalue weighted by atomic mass is 16.6. The van der Waals surface area contributed by atoms with Crippen molar-refractivity contribution >= 4 is 23.4 Å². The first kappa shape index (κ1) is 12.7. The number of rotatable bonds is 3. The van der Waals surface area contributed by atoms with Gasteiger partial charge in [0.15, 0.2) is 0 Å². The van der Waals surface area contributed by atoms with Crippen molar-refractivity contribution in [3.05, 3.63) is 45.5 Å². The number of cyclic esters (lactones) is 1. The van der Waals surface area contributed by atoms with Crippen LogP contribution >= 0.6 is 0 Å². The Morgan fingerprint density at radius 2 is 2.00 bits per heavy atom. The number of methoxy groups -OCH3 is 1. The van der Waals surface area contributed by atoms with Crippen LogP contribution in [0.4, 0.5) is 5.69 Å². The number of nitrogens with zero attached hydrogens (tertiary/aromatic N) is 1. The van der Waals surface area contributed by atoms with Gasteiger partial charge in [-0.15, -0.1) is 0 Å². The number of nitro benzene ring substituents is 1. The van der Waals surface area contributed by atoms with Crippen molar-refractivity contribution in [3.8, 4) is 0 Å². The molecule has 0 aliphatic carbocycles. The molecule has 0 spiro atoms. The van der Waals surface area contributed by atoms with E-state index in [4.69, 9.17) is 4.74 Å². The number of hydrogen-bond donors (Lipinski definition) is 0. The van der Waals surface area contributed by atoms with Gasteiger partial charge in [0.1, 0.15) is 5.76 Å². The van der Waals surface area contributed by atoms with Gasteiger partial charge in [-0.1, -0.05) is 0 Å². The van der Waals surface area contributed by atoms with Gasteiger partial charge in [-0.05, 0) is 12.1 Å². The maximum Gasteiger partial charge on any atom is 0.338 e. The van der Waals surface area contributed by atoms with E-state index in [2.05, 4.69) is 4.74 Å². The zero-order valence-electron chi connectivity index (χ0n) is 9.91. The Hall–Kier alpha value is -2.70. The Morgan fingerprint density at radius 1 is 1.37 bits per heavy atom. The van der Waals surface area contributed by atoms with Crippen LogP contribution in [-0.4, -0.2) is 24.0 Å². The van der Waals surface area contributed by atoms with Crippen molar-refractivity contribution in [3.63, 3.8) is 0 Å². The fraction of sp³-hybridized carbons (Fsp3) is 0.167. The third-order valence-corrected chi connectivity index (χ3v) is 2.58. The second kappa shape index (κ2) is 4.89. The fourth-order valence-electron chi connectivity index (χ4n) is 1.69. The number of esters is 2. The lowest BCUT2D eigenvalue weighted by molar-refractivity contribution is -0.384. The Labute approximate surface area is 107 Å². The number of carbonyl (C=O) groups excluding carboxylic acids is 2. The molecule has 1 aliphatic heterocycles. The van der Waals surface area contributed by atoms with Gasteiger partial charge in [-0.3, -0.25) is 14.9 Å². The van der Waals surface area contributed by atoms with Crippen molar-refractivity contribution < 1.29 is 24.0 Å². The van der Waals surface area contributed by atoms with E-state index in [9.17, 15) is 19.7 Å². The SMILES string of the molecule is COC(=O)C1=C(c2ccc([N+](=O)[O-])cc2)OC(=O)C1. The maximum atomic E-state index is 11.5. The summed E-state index contributed by atoms with van der Waals surface area (Å²) < 4.78 is 9.51. The van der Waals surface area contributed by atoms with Crippen molar-refractivity contribution in [1.82, 2.24) is 0 Å². The molecule has 98 valence electrons. The molecule has 1 heterocycles. The van der Waals surface area contributed by atoms with Crippen LogP contribution in [0.1, 0.15) is 12.0 Å². The molecule has 1 aliphatic rings. The minimum Gasteiger partial charge on any atom is -0.466 e. The molecule has 0 aromatic heterocycles. The van der Waals surface area contributed by atoms with E-state index >= 15 is 0 Å². The number of carbonyl (C=O) groups is 2. The summed E-state index contributed by atoms with van der Waals surface area (Å²) >= 11 is 0. The summed E-state index contributed by atoms with van der Waals surface area (Å²) in [5.74, 6) is -1.13. The molecular formula is C12H9NO6. The summed E-state index contributed by atoms with van der Waals surface area (Å²) in [5.41, 5.74) is 0.437. The highest BCUT2D eigenvalue weighted by Gasteiger charge is 2.30. The quantitative estimate of drug-likeness (QED) is 0.465. The molecule has 2 rings (SSSR count). The molecule has 1 aromatic carbocycles. The van der Waals surface area contributed by atoms with Gasteiger partial charge in [-0.25, -0.2) is 4.79 Å². The number of benzene rings is 1. The highest BCUT2D eigenvalue weighted by molar-refractivity contribution is 6.05. The van der Waals surface area contributed by atoms with Crippen LogP contribution in [0.15, 0.2) is 29.8 Å². The molecule has 7 nitrogen and oxygen atoms in total. The van der Waals surface area contributed by atoms with Crippen molar-refractivity contribution in [2.45, 2.75) is 6.42 Å². The van der Waals surface area contributed by atoms with Crippen LogP contribution < -0.4 is 0 Å². The zero-order valence-corrected chi connectivity index (χ0v) is 9.91. The standard InChI is InChI=1S/C12H9NO6/c1-18-12(15)9-6-10(14)19-11(9)7-2-4-8(5-3-7)13(16)17/h2-5H,6H2,1H3. The van der Waals surface area contributed by atoms with Gasteiger partial charge in [0.05, 0.1) is 24.0 Å². The van der Waals surface area contributed by atoms with Crippen LogP contribution in [-0.2, 0) is 19.1 Å². The molecule has 0 fully saturated rings. The van der Waals surface area contributed by atoms with Crippen molar-refractivity contribution in [2.75, 3.05) is 7.11 Å². The van der Waals surface area contributed by atoms with Crippen LogP contribution in [0.3, 0.4) is 0 Å². The summed E-state index contributed by atoms with van der Waals surface area (Å²) in [7, 11) is 1.20. The Bertz CT molecular complexity index is 587. The lowest BCUT2D eigenvalue weighted by Crippen LogP contribution is -2.05. The van der Waals surface area contributed by atoms with Gasteiger partial charge < -0.3 is 9.47 Å². The lowest BCUT2D eigenvalue weighted by Gasteiger charge is -2.04. The van der Waals surface area contributed by atoms with Crippen molar-refractivity contribution in [1.29, 1.82) is 0 Å². The predicted molar refractivity (Wildman–Crippen MR) is 62.7 cm³/mol. The molecule has 0 amide bonds. The molecule has 0 atom stereocenters. The molecule has 19 heavy (non-hydrogen) atoms. The summed E-state index contributed by atoms with van der Waals surface area (Å²) in [6.07, 6.45) is -0.168. The largest absolute Gasteiger partial charge is 0.466 e. The molecule has 0 saturated heterocycles. The van der Waals surface area contributed by atoms with Crippen molar-refractivity contribution in [2.24, 2.45) is 0 Å². The van der Waals surface area contributed by atoms with E-state index in [1.54, 1.807) is 0 Å². The fourth-order valence-corrected chi connectivity index (χ4v) is 1.69. The van der Waals surface area contributed by atoms with E-state index in [1.165, 1.54) is 31.4 Å². The summed E-state index contributed by atoms with van der Waals surface area (Å²) in [6.45, 7) is 0. The van der Waals surface area contributed by atoms with E-state index < -0.39 is 16.9 Å². The van der Waals surface area contributed by atoms with Crippen LogP contribution in [0.5, 0.6) is 0 Å². The lowest BCUT2D eigenvalue weighted by atomic mass is 10.1. The molecule has 0 N–H and O–H groups in total. The topological polar surface area (TPSA) is 95.7 Å². The van der Waals surface area contributed by atoms with E-state index in [-0.39, 0.29) is 23.4 Å². The maximum absolute atomic E-state index is 11.5. The predicted octanol–water partition coefficient (Wildman–Crippen LogP) is 1.43. The van der Waals surface area contributed by atoms with Crippen LogP contribution in [0.25, 0.3) is 5.76 Å². The van der Waals surface area contributed by atoms with Gasteiger partial charge in [0, 0.05) is 17.7 Å². The minimum atomic E-state index is -0.654. The average Bonchev–Trinajstić information content (AvgIpc) is 2.80. The number of nitro groups is 1. The second-order valence-corrected chi connectivity index (χ2v) is 3.75. The summed E-state index contributed by atoms with van der Waals surface area (Å²) in [5, 5.41) is 10.5. The molecule has 1 aromatic rings. The van der Waals surface area contributed by atoms with Gasteiger partial charge >= 0.3 is 11.9 Å². The zero-order chi connectivity index (χ0) is 14.0. The van der Waals surface area contributed by atoms with Gasteiger partial charge in [-0.2, -0.15) is 0 Å². The molecule has 7 heteroatoms. The number of hydrogen-bond acceptors (Lipinski definition) is 6. The van der Waals surface area contributed by atoms with Gasteiger partial charge in [0.2, 0.25) is 0 Å². The molecular weight excluding hydrogens is 254 g/mol. The Balaban J connectivity index is 2.40. The molecule has 0 unspecified atom stereocenters. The molecule has 0 radical (unpaired) electrons. The first-order valence-electron chi connectivity index (χ1n) is 5.30. The summed E-state index contributed by atoms with van der Waals surface area (Å²) in [4.78, 5) is 32.7. The molecule has 0 bridgehead atoms. The van der Waals surface area contributed by atoms with Crippen LogP contribution in [0, 0.1) is 10.1 Å². The van der Waals surface area contributed by atoms with Gasteiger partial charge in [0.25, 0.3) is 5.69 Å². The number of ether oxygens (including phenoxy) is 2. The van der Waals surface area contributed by atoms with E-state index in [0.717, 1.165) is 0 Å². The molecule has 0 saturated carbocycles. The monoisotopic (exact) mass is 263 g/mol. The third kappa shape index (κ3) is 2.44.